The number of carbonyl (C=O) groups is 2. The molecule has 124 valence electrons. The van der Waals surface area contributed by atoms with E-state index in [-0.39, 0.29) is 34.5 Å². The van der Waals surface area contributed by atoms with Crippen molar-refractivity contribution in [1.29, 1.82) is 0 Å². The summed E-state index contributed by atoms with van der Waals surface area (Å²) in [6.45, 7) is 12.8. The number of carbonyl (C=O) groups excluding carboxylic acids is 2. The molecule has 1 amide bonds. The predicted molar refractivity (Wildman–Crippen MR) is 83.1 cm³/mol. The second-order valence-corrected chi connectivity index (χ2v) is 9.02. The molecule has 0 bridgehead atoms. The Morgan fingerprint density at radius 1 is 1.18 bits per heavy atom. The fraction of sp³-hybridized carbons (Fsp3) is 0.882. The van der Waals surface area contributed by atoms with E-state index < -0.39 is 5.60 Å². The maximum absolute atomic E-state index is 12.4. The average Bonchev–Trinajstić information content (AvgIpc) is 2.80. The van der Waals surface area contributed by atoms with Gasteiger partial charge in [0.1, 0.15) is 5.60 Å². The van der Waals surface area contributed by atoms with Gasteiger partial charge in [0, 0.05) is 37.5 Å². The molecule has 2 heterocycles. The molecule has 5 heteroatoms. The lowest BCUT2D eigenvalue weighted by molar-refractivity contribution is -0.171. The van der Waals surface area contributed by atoms with E-state index in [1.807, 2.05) is 25.7 Å². The van der Waals surface area contributed by atoms with E-state index in [2.05, 4.69) is 19.2 Å². The zero-order valence-corrected chi connectivity index (χ0v) is 14.4. The molecule has 2 aliphatic heterocycles. The van der Waals surface area contributed by atoms with Gasteiger partial charge in [-0.25, -0.2) is 0 Å². The summed E-state index contributed by atoms with van der Waals surface area (Å²) in [4.78, 5) is 26.8. The molecule has 1 saturated carbocycles. The molecule has 22 heavy (non-hydrogen) atoms. The number of ether oxygens (including phenoxy) is 1. The molecule has 0 aromatic heterocycles. The van der Waals surface area contributed by atoms with Gasteiger partial charge in [0.25, 0.3) is 0 Å². The van der Waals surface area contributed by atoms with Gasteiger partial charge >= 0.3 is 5.97 Å². The highest BCUT2D eigenvalue weighted by Gasteiger charge is 2.60. The summed E-state index contributed by atoms with van der Waals surface area (Å²) in [5.41, 5.74) is -0.409. The average molecular weight is 308 g/mol. The van der Waals surface area contributed by atoms with E-state index in [1.54, 1.807) is 0 Å². The highest BCUT2D eigenvalue weighted by Crippen LogP contribution is 2.54. The molecule has 2 saturated heterocycles. The molecule has 0 radical (unpaired) electrons. The molecule has 2 atom stereocenters. The normalized spacial score (nSPS) is 31.8. The van der Waals surface area contributed by atoms with E-state index >= 15 is 0 Å². The van der Waals surface area contributed by atoms with Crippen molar-refractivity contribution >= 4 is 11.9 Å². The van der Waals surface area contributed by atoms with E-state index in [0.717, 1.165) is 13.0 Å². The van der Waals surface area contributed by atoms with Crippen molar-refractivity contribution in [3.05, 3.63) is 0 Å². The van der Waals surface area contributed by atoms with Gasteiger partial charge in [-0.15, -0.1) is 0 Å². The van der Waals surface area contributed by atoms with Crippen LogP contribution in [0.5, 0.6) is 0 Å². The minimum atomic E-state index is -0.460. The van der Waals surface area contributed by atoms with Gasteiger partial charge in [-0.1, -0.05) is 13.8 Å². The van der Waals surface area contributed by atoms with Crippen LogP contribution in [0.15, 0.2) is 0 Å². The number of likely N-dealkylation sites (tertiary alicyclic amines) is 1. The summed E-state index contributed by atoms with van der Waals surface area (Å²) >= 11 is 0. The van der Waals surface area contributed by atoms with Crippen LogP contribution < -0.4 is 5.32 Å². The topological polar surface area (TPSA) is 58.6 Å². The first kappa shape index (κ1) is 15.8. The highest BCUT2D eigenvalue weighted by molar-refractivity contribution is 5.84. The Balaban J connectivity index is 1.61. The van der Waals surface area contributed by atoms with Crippen LogP contribution in [-0.2, 0) is 14.3 Å². The third-order valence-corrected chi connectivity index (χ3v) is 5.39. The third kappa shape index (κ3) is 2.64. The van der Waals surface area contributed by atoms with Crippen LogP contribution in [0.4, 0.5) is 0 Å². The molecule has 0 aromatic rings. The lowest BCUT2D eigenvalue weighted by Crippen LogP contribution is -2.63. The molecule has 1 spiro atoms. The zero-order valence-electron chi connectivity index (χ0n) is 14.4. The summed E-state index contributed by atoms with van der Waals surface area (Å²) < 4.78 is 5.56. The quantitative estimate of drug-likeness (QED) is 0.784. The van der Waals surface area contributed by atoms with Crippen LogP contribution in [0.25, 0.3) is 0 Å². The van der Waals surface area contributed by atoms with E-state index in [0.29, 0.717) is 19.6 Å². The van der Waals surface area contributed by atoms with Gasteiger partial charge in [0.2, 0.25) is 5.91 Å². The Morgan fingerprint density at radius 2 is 1.77 bits per heavy atom. The van der Waals surface area contributed by atoms with Crippen molar-refractivity contribution in [2.75, 3.05) is 26.2 Å². The van der Waals surface area contributed by atoms with E-state index in [1.165, 1.54) is 0 Å². The van der Waals surface area contributed by atoms with Crippen LogP contribution in [0.2, 0.25) is 0 Å². The number of nitrogens with one attached hydrogen (secondary N) is 1. The first-order chi connectivity index (χ1) is 10.0. The van der Waals surface area contributed by atoms with Crippen molar-refractivity contribution in [1.82, 2.24) is 10.2 Å². The number of hydrogen-bond donors (Lipinski definition) is 1. The Morgan fingerprint density at radius 3 is 2.27 bits per heavy atom. The third-order valence-electron chi connectivity index (χ3n) is 5.39. The van der Waals surface area contributed by atoms with Gasteiger partial charge in [-0.05, 0) is 32.6 Å². The van der Waals surface area contributed by atoms with Gasteiger partial charge in [0.05, 0.1) is 5.92 Å². The number of rotatable bonds is 2. The Bertz CT molecular complexity index is 501. The largest absolute Gasteiger partial charge is 0.460 e. The molecule has 5 nitrogen and oxygen atoms in total. The van der Waals surface area contributed by atoms with Crippen molar-refractivity contribution in [3.8, 4) is 0 Å². The van der Waals surface area contributed by atoms with Crippen LogP contribution in [0.1, 0.15) is 41.0 Å². The Hall–Kier alpha value is -1.10. The lowest BCUT2D eigenvalue weighted by Gasteiger charge is -2.50. The summed E-state index contributed by atoms with van der Waals surface area (Å²) in [6, 6.07) is 0. The van der Waals surface area contributed by atoms with Crippen LogP contribution >= 0.6 is 0 Å². The van der Waals surface area contributed by atoms with Crippen molar-refractivity contribution in [3.63, 3.8) is 0 Å². The van der Waals surface area contributed by atoms with Gasteiger partial charge < -0.3 is 15.0 Å². The Labute approximate surface area is 132 Å². The summed E-state index contributed by atoms with van der Waals surface area (Å²) in [5.74, 6) is 0.184. The minimum Gasteiger partial charge on any atom is -0.460 e. The molecule has 3 fully saturated rings. The smallest absolute Gasteiger partial charge is 0.311 e. The molecule has 2 unspecified atom stereocenters. The van der Waals surface area contributed by atoms with Gasteiger partial charge in [-0.3, -0.25) is 9.59 Å². The number of amides is 1. The maximum Gasteiger partial charge on any atom is 0.311 e. The van der Waals surface area contributed by atoms with Crippen LogP contribution in [0, 0.1) is 22.7 Å². The molecular weight excluding hydrogens is 280 g/mol. The molecule has 1 N–H and O–H groups in total. The maximum atomic E-state index is 12.4. The summed E-state index contributed by atoms with van der Waals surface area (Å²) in [7, 11) is 0. The van der Waals surface area contributed by atoms with Crippen molar-refractivity contribution in [2.45, 2.75) is 46.6 Å². The number of nitrogens with zero attached hydrogens (tertiary/aromatic N) is 1. The van der Waals surface area contributed by atoms with Gasteiger partial charge in [-0.2, -0.15) is 0 Å². The number of esters is 1. The zero-order chi connectivity index (χ0) is 16.3. The van der Waals surface area contributed by atoms with Crippen LogP contribution in [0.3, 0.4) is 0 Å². The van der Waals surface area contributed by atoms with Gasteiger partial charge in [0.15, 0.2) is 0 Å². The summed E-state index contributed by atoms with van der Waals surface area (Å²) in [5, 5.41) is 3.31. The standard InChI is InChI=1S/C17H28N2O3/c1-15(2,3)22-14(21)12-7-18-8-17(12)9-19(10-17)13(20)11-6-16(11,4)5/h11-12,18H,6-10H2,1-5H3. The fourth-order valence-electron chi connectivity index (χ4n) is 3.82. The van der Waals surface area contributed by atoms with Crippen LogP contribution in [-0.4, -0.2) is 48.6 Å². The van der Waals surface area contributed by atoms with Crippen molar-refractivity contribution in [2.24, 2.45) is 22.7 Å². The second kappa shape index (κ2) is 4.70. The molecule has 3 rings (SSSR count). The Kier molecular flexibility index (Phi) is 3.37. The monoisotopic (exact) mass is 308 g/mol. The summed E-state index contributed by atoms with van der Waals surface area (Å²) in [6.07, 6.45) is 0.989. The van der Waals surface area contributed by atoms with Crippen molar-refractivity contribution < 1.29 is 14.3 Å². The number of hydrogen-bond acceptors (Lipinski definition) is 4. The van der Waals surface area contributed by atoms with E-state index in [4.69, 9.17) is 4.74 Å². The molecule has 0 aromatic carbocycles. The highest BCUT2D eigenvalue weighted by atomic mass is 16.6. The molecule has 3 aliphatic rings. The minimum absolute atomic E-state index is 0.114. The van der Waals surface area contributed by atoms with E-state index in [9.17, 15) is 9.59 Å². The SMILES string of the molecule is CC(C)(C)OC(=O)C1CNCC12CN(C(=O)C1CC1(C)C)C2. The first-order valence-corrected chi connectivity index (χ1v) is 8.27. The molecular formula is C17H28N2O3. The lowest BCUT2D eigenvalue weighted by atomic mass is 9.71. The second-order valence-electron chi connectivity index (χ2n) is 9.02. The molecule has 1 aliphatic carbocycles. The predicted octanol–water partition coefficient (Wildman–Crippen LogP) is 1.42. The first-order valence-electron chi connectivity index (χ1n) is 8.27. The fourth-order valence-corrected chi connectivity index (χ4v) is 3.82.